The SMILES string of the molecule is CCc1cc2c([nH]1)CCCC2=O. The molecule has 0 saturated heterocycles. The maximum Gasteiger partial charge on any atom is 0.164 e. The third-order valence-electron chi connectivity index (χ3n) is 2.47. The number of nitrogens with one attached hydrogen (secondary N) is 1. The van der Waals surface area contributed by atoms with Crippen LogP contribution in [0.4, 0.5) is 0 Å². The number of Topliss-reactive ketones (excluding diaryl/α,β-unsaturated/α-hetero) is 1. The topological polar surface area (TPSA) is 32.9 Å². The Kier molecular flexibility index (Phi) is 1.75. The van der Waals surface area contributed by atoms with Gasteiger partial charge in [-0.2, -0.15) is 0 Å². The van der Waals surface area contributed by atoms with E-state index in [9.17, 15) is 4.79 Å². The molecule has 2 heteroatoms. The molecule has 0 saturated carbocycles. The zero-order valence-corrected chi connectivity index (χ0v) is 7.31. The Bertz CT molecular complexity index is 312. The van der Waals surface area contributed by atoms with Crippen molar-refractivity contribution < 1.29 is 4.79 Å². The van der Waals surface area contributed by atoms with Crippen molar-refractivity contribution in [1.29, 1.82) is 0 Å². The fraction of sp³-hybridized carbons (Fsp3) is 0.500. The normalized spacial score (nSPS) is 16.2. The lowest BCUT2D eigenvalue weighted by Crippen LogP contribution is -2.08. The van der Waals surface area contributed by atoms with Crippen molar-refractivity contribution in [3.05, 3.63) is 23.0 Å². The first-order chi connectivity index (χ1) is 5.81. The molecule has 0 amide bonds. The number of carbonyl (C=O) groups is 1. The Morgan fingerprint density at radius 3 is 3.00 bits per heavy atom. The van der Waals surface area contributed by atoms with E-state index in [2.05, 4.69) is 11.9 Å². The fourth-order valence-electron chi connectivity index (χ4n) is 1.76. The minimum atomic E-state index is 0.312. The largest absolute Gasteiger partial charge is 0.362 e. The molecule has 2 rings (SSSR count). The van der Waals surface area contributed by atoms with Gasteiger partial charge >= 0.3 is 0 Å². The molecular weight excluding hydrogens is 150 g/mol. The molecule has 2 nitrogen and oxygen atoms in total. The van der Waals surface area contributed by atoms with Crippen molar-refractivity contribution in [2.45, 2.75) is 32.6 Å². The molecule has 1 aromatic heterocycles. The highest BCUT2D eigenvalue weighted by molar-refractivity contribution is 5.98. The van der Waals surface area contributed by atoms with Gasteiger partial charge in [0.25, 0.3) is 0 Å². The van der Waals surface area contributed by atoms with Gasteiger partial charge in [-0.05, 0) is 25.3 Å². The number of aromatic nitrogens is 1. The highest BCUT2D eigenvalue weighted by Gasteiger charge is 2.18. The Morgan fingerprint density at radius 2 is 2.33 bits per heavy atom. The smallest absolute Gasteiger partial charge is 0.164 e. The first kappa shape index (κ1) is 7.59. The van der Waals surface area contributed by atoms with Crippen molar-refractivity contribution in [1.82, 2.24) is 4.98 Å². The molecule has 0 aliphatic heterocycles. The summed E-state index contributed by atoms with van der Waals surface area (Å²) >= 11 is 0. The second kappa shape index (κ2) is 2.77. The fourth-order valence-corrected chi connectivity index (χ4v) is 1.76. The minimum Gasteiger partial charge on any atom is -0.362 e. The average Bonchev–Trinajstić information content (AvgIpc) is 2.49. The zero-order chi connectivity index (χ0) is 8.55. The predicted octanol–water partition coefficient (Wildman–Crippen LogP) is 2.10. The van der Waals surface area contributed by atoms with E-state index in [0.717, 1.165) is 36.9 Å². The summed E-state index contributed by atoms with van der Waals surface area (Å²) in [7, 11) is 0. The van der Waals surface area contributed by atoms with E-state index in [1.165, 1.54) is 5.69 Å². The van der Waals surface area contributed by atoms with Gasteiger partial charge in [0.15, 0.2) is 5.78 Å². The van der Waals surface area contributed by atoms with Gasteiger partial charge in [0, 0.05) is 23.4 Å². The van der Waals surface area contributed by atoms with Crippen LogP contribution in [0.2, 0.25) is 0 Å². The van der Waals surface area contributed by atoms with Gasteiger partial charge in [0.05, 0.1) is 0 Å². The quantitative estimate of drug-likeness (QED) is 0.675. The lowest BCUT2D eigenvalue weighted by molar-refractivity contribution is 0.0972. The second-order valence-corrected chi connectivity index (χ2v) is 3.32. The van der Waals surface area contributed by atoms with Gasteiger partial charge in [-0.25, -0.2) is 0 Å². The highest BCUT2D eigenvalue weighted by Crippen LogP contribution is 2.21. The predicted molar refractivity (Wildman–Crippen MR) is 47.4 cm³/mol. The van der Waals surface area contributed by atoms with Crippen molar-refractivity contribution in [3.8, 4) is 0 Å². The molecule has 0 aromatic carbocycles. The van der Waals surface area contributed by atoms with E-state index in [0.29, 0.717) is 5.78 Å². The molecular formula is C10H13NO. The van der Waals surface area contributed by atoms with Gasteiger partial charge < -0.3 is 4.98 Å². The average molecular weight is 163 g/mol. The molecule has 12 heavy (non-hydrogen) atoms. The number of hydrogen-bond donors (Lipinski definition) is 1. The molecule has 1 aliphatic rings. The van der Waals surface area contributed by atoms with E-state index in [4.69, 9.17) is 0 Å². The first-order valence-electron chi connectivity index (χ1n) is 4.55. The summed E-state index contributed by atoms with van der Waals surface area (Å²) < 4.78 is 0. The maximum absolute atomic E-state index is 11.4. The summed E-state index contributed by atoms with van der Waals surface area (Å²) in [5.74, 6) is 0.312. The number of hydrogen-bond acceptors (Lipinski definition) is 1. The number of ketones is 1. The summed E-state index contributed by atoms with van der Waals surface area (Å²) in [4.78, 5) is 14.7. The van der Waals surface area contributed by atoms with Crippen LogP contribution in [-0.4, -0.2) is 10.8 Å². The van der Waals surface area contributed by atoms with E-state index >= 15 is 0 Å². The molecule has 0 fully saturated rings. The van der Waals surface area contributed by atoms with Gasteiger partial charge in [0.2, 0.25) is 0 Å². The molecule has 1 N–H and O–H groups in total. The van der Waals surface area contributed by atoms with E-state index in [1.807, 2.05) is 6.07 Å². The summed E-state index contributed by atoms with van der Waals surface area (Å²) in [6.07, 6.45) is 3.77. The van der Waals surface area contributed by atoms with E-state index in [1.54, 1.807) is 0 Å². The molecule has 1 aliphatic carbocycles. The molecule has 0 unspecified atom stereocenters. The summed E-state index contributed by atoms with van der Waals surface area (Å²) in [6.45, 7) is 2.10. The molecule has 64 valence electrons. The number of aryl methyl sites for hydroxylation is 2. The number of carbonyl (C=O) groups excluding carboxylic acids is 1. The standard InChI is InChI=1S/C10H13NO/c1-2-7-6-8-9(11-7)4-3-5-10(8)12/h6,11H,2-5H2,1H3. The molecule has 0 bridgehead atoms. The monoisotopic (exact) mass is 163 g/mol. The highest BCUT2D eigenvalue weighted by atomic mass is 16.1. The van der Waals surface area contributed by atoms with Crippen LogP contribution in [-0.2, 0) is 12.8 Å². The minimum absolute atomic E-state index is 0.312. The number of rotatable bonds is 1. The van der Waals surface area contributed by atoms with Crippen molar-refractivity contribution in [2.24, 2.45) is 0 Å². The van der Waals surface area contributed by atoms with Gasteiger partial charge in [0.1, 0.15) is 0 Å². The third kappa shape index (κ3) is 1.07. The van der Waals surface area contributed by atoms with Crippen LogP contribution in [0.1, 0.15) is 41.5 Å². The summed E-state index contributed by atoms with van der Waals surface area (Å²) in [6, 6.07) is 2.01. The lowest BCUT2D eigenvalue weighted by Gasteiger charge is -2.08. The van der Waals surface area contributed by atoms with Crippen LogP contribution in [0.25, 0.3) is 0 Å². The Labute approximate surface area is 72.0 Å². The Balaban J connectivity index is 2.43. The van der Waals surface area contributed by atoms with Crippen molar-refractivity contribution >= 4 is 5.78 Å². The third-order valence-corrected chi connectivity index (χ3v) is 2.47. The summed E-state index contributed by atoms with van der Waals surface area (Å²) in [5.41, 5.74) is 3.29. The zero-order valence-electron chi connectivity index (χ0n) is 7.31. The van der Waals surface area contributed by atoms with Crippen LogP contribution in [0.5, 0.6) is 0 Å². The van der Waals surface area contributed by atoms with Gasteiger partial charge in [-0.1, -0.05) is 6.92 Å². The molecule has 1 heterocycles. The van der Waals surface area contributed by atoms with Crippen LogP contribution in [0, 0.1) is 0 Å². The molecule has 0 atom stereocenters. The van der Waals surface area contributed by atoms with Crippen molar-refractivity contribution in [3.63, 3.8) is 0 Å². The van der Waals surface area contributed by atoms with Crippen LogP contribution in [0.15, 0.2) is 6.07 Å². The van der Waals surface area contributed by atoms with Gasteiger partial charge in [-0.15, -0.1) is 0 Å². The molecule has 0 spiro atoms. The Morgan fingerprint density at radius 1 is 1.50 bits per heavy atom. The Hall–Kier alpha value is -1.05. The van der Waals surface area contributed by atoms with Crippen molar-refractivity contribution in [2.75, 3.05) is 0 Å². The molecule has 1 aromatic rings. The van der Waals surface area contributed by atoms with Crippen LogP contribution >= 0.6 is 0 Å². The van der Waals surface area contributed by atoms with Gasteiger partial charge in [-0.3, -0.25) is 4.79 Å². The van der Waals surface area contributed by atoms with E-state index < -0.39 is 0 Å². The lowest BCUT2D eigenvalue weighted by atomic mass is 9.97. The van der Waals surface area contributed by atoms with Crippen LogP contribution < -0.4 is 0 Å². The molecule has 0 radical (unpaired) electrons. The van der Waals surface area contributed by atoms with Crippen LogP contribution in [0.3, 0.4) is 0 Å². The first-order valence-corrected chi connectivity index (χ1v) is 4.55. The second-order valence-electron chi connectivity index (χ2n) is 3.32. The summed E-state index contributed by atoms with van der Waals surface area (Å²) in [5, 5.41) is 0. The number of fused-ring (bicyclic) bond motifs is 1. The maximum atomic E-state index is 11.4. The van der Waals surface area contributed by atoms with E-state index in [-0.39, 0.29) is 0 Å². The number of H-pyrrole nitrogens is 1. The number of aromatic amines is 1.